The largest absolute Gasteiger partial charge is 0.355 e. The van der Waals surface area contributed by atoms with Crippen molar-refractivity contribution in [2.24, 2.45) is 0 Å². The van der Waals surface area contributed by atoms with Crippen LogP contribution in [-0.2, 0) is 36.9 Å². The molecule has 1 aliphatic rings. The summed E-state index contributed by atoms with van der Waals surface area (Å²) in [5.74, 6) is -2.35. The van der Waals surface area contributed by atoms with Gasteiger partial charge in [0.2, 0.25) is 5.91 Å². The molecule has 0 saturated carbocycles. The maximum Gasteiger partial charge on any atom is 0.355 e. The molecule has 2 aromatic rings. The summed E-state index contributed by atoms with van der Waals surface area (Å²) in [6.07, 6.45) is 1.42. The number of carbonyl (C=O) groups excluding carboxylic acids is 4. The zero-order valence-electron chi connectivity index (χ0n) is 19.5. The van der Waals surface area contributed by atoms with Crippen molar-refractivity contribution >= 4 is 23.7 Å². The summed E-state index contributed by atoms with van der Waals surface area (Å²) in [5.41, 5.74) is 1.78. The van der Waals surface area contributed by atoms with Crippen molar-refractivity contribution in [1.29, 1.82) is 0 Å². The van der Waals surface area contributed by atoms with E-state index < -0.39 is 29.9 Å². The van der Waals surface area contributed by atoms with E-state index in [1.165, 1.54) is 0 Å². The van der Waals surface area contributed by atoms with E-state index in [9.17, 15) is 19.2 Å². The lowest BCUT2D eigenvalue weighted by Gasteiger charge is -2.25. The second-order valence-electron chi connectivity index (χ2n) is 8.46. The maximum absolute atomic E-state index is 13.3. The van der Waals surface area contributed by atoms with Crippen molar-refractivity contribution in [2.45, 2.75) is 64.1 Å². The fraction of sp³-hybridized carbons (Fsp3) is 0.385. The molecular weight excluding hydrogens is 434 g/mol. The first-order valence-electron chi connectivity index (χ1n) is 11.6. The van der Waals surface area contributed by atoms with Crippen molar-refractivity contribution in [3.05, 3.63) is 71.8 Å². The monoisotopic (exact) mass is 465 g/mol. The van der Waals surface area contributed by atoms with Crippen LogP contribution in [0.3, 0.4) is 0 Å². The zero-order chi connectivity index (χ0) is 24.5. The Kier molecular flexibility index (Phi) is 8.93. The van der Waals surface area contributed by atoms with E-state index in [2.05, 4.69) is 10.6 Å². The van der Waals surface area contributed by atoms with Gasteiger partial charge in [0.15, 0.2) is 0 Å². The molecule has 8 heteroatoms. The van der Waals surface area contributed by atoms with E-state index >= 15 is 0 Å². The third-order valence-corrected chi connectivity index (χ3v) is 5.77. The third kappa shape index (κ3) is 6.99. The van der Waals surface area contributed by atoms with E-state index in [0.29, 0.717) is 11.5 Å². The molecule has 0 aliphatic carbocycles. The lowest BCUT2D eigenvalue weighted by atomic mass is 10.0. The standard InChI is InChI=1S/C26H31N3O5/c1-3-18(2)27-21(16-19-10-6-4-7-11-19)25(32)28-22(17-20-12-8-5-9-13-20)26(33)34-29-23(30)14-15-24(29)31/h4-13,18,21-22,27H,3,14-17H2,1-2H3,(H,28,32)/t18?,21-,22-/m0/s1. The second-order valence-corrected chi connectivity index (χ2v) is 8.46. The molecular formula is C26H31N3O5. The summed E-state index contributed by atoms with van der Waals surface area (Å²) in [5, 5.41) is 6.63. The summed E-state index contributed by atoms with van der Waals surface area (Å²) in [7, 11) is 0. The summed E-state index contributed by atoms with van der Waals surface area (Å²) in [4.78, 5) is 55.3. The van der Waals surface area contributed by atoms with Crippen LogP contribution in [-0.4, -0.2) is 46.9 Å². The molecule has 0 aromatic heterocycles. The number of nitrogens with one attached hydrogen (secondary N) is 2. The van der Waals surface area contributed by atoms with Gasteiger partial charge in [-0.3, -0.25) is 14.4 Å². The molecule has 3 atom stereocenters. The van der Waals surface area contributed by atoms with Crippen LogP contribution in [0.2, 0.25) is 0 Å². The highest BCUT2D eigenvalue weighted by Gasteiger charge is 2.36. The molecule has 2 N–H and O–H groups in total. The van der Waals surface area contributed by atoms with Gasteiger partial charge in [0, 0.05) is 25.3 Å². The molecule has 1 saturated heterocycles. The number of nitrogens with zero attached hydrogens (tertiary/aromatic N) is 1. The Morgan fingerprint density at radius 2 is 1.38 bits per heavy atom. The molecule has 1 unspecified atom stereocenters. The van der Waals surface area contributed by atoms with Crippen molar-refractivity contribution < 1.29 is 24.0 Å². The summed E-state index contributed by atoms with van der Waals surface area (Å²) in [6, 6.07) is 17.2. The van der Waals surface area contributed by atoms with Crippen LogP contribution in [0.15, 0.2) is 60.7 Å². The van der Waals surface area contributed by atoms with Crippen LogP contribution >= 0.6 is 0 Å². The summed E-state index contributed by atoms with van der Waals surface area (Å²) >= 11 is 0. The molecule has 0 bridgehead atoms. The number of hydrogen-bond donors (Lipinski definition) is 2. The number of carbonyl (C=O) groups is 4. The molecule has 180 valence electrons. The fourth-order valence-electron chi connectivity index (χ4n) is 3.67. The predicted molar refractivity (Wildman–Crippen MR) is 126 cm³/mol. The average Bonchev–Trinajstić information content (AvgIpc) is 3.16. The van der Waals surface area contributed by atoms with Gasteiger partial charge in [0.05, 0.1) is 6.04 Å². The van der Waals surface area contributed by atoms with Gasteiger partial charge < -0.3 is 15.5 Å². The second kappa shape index (κ2) is 12.1. The number of amides is 3. The van der Waals surface area contributed by atoms with E-state index in [4.69, 9.17) is 4.84 Å². The number of benzene rings is 2. The lowest BCUT2D eigenvalue weighted by molar-refractivity contribution is -0.199. The van der Waals surface area contributed by atoms with Gasteiger partial charge in [-0.25, -0.2) is 4.79 Å². The number of hydrogen-bond acceptors (Lipinski definition) is 6. The van der Waals surface area contributed by atoms with Crippen molar-refractivity contribution in [2.75, 3.05) is 0 Å². The van der Waals surface area contributed by atoms with Crippen LogP contribution in [0.5, 0.6) is 0 Å². The highest BCUT2D eigenvalue weighted by atomic mass is 16.7. The predicted octanol–water partition coefficient (Wildman–Crippen LogP) is 2.32. The molecule has 3 amide bonds. The SMILES string of the molecule is CCC(C)N[C@@H](Cc1ccccc1)C(=O)N[C@@H](Cc1ccccc1)C(=O)ON1C(=O)CCC1=O. The van der Waals surface area contributed by atoms with Crippen LogP contribution in [0.25, 0.3) is 0 Å². The van der Waals surface area contributed by atoms with E-state index in [0.717, 1.165) is 17.5 Å². The number of imide groups is 1. The first-order valence-corrected chi connectivity index (χ1v) is 11.6. The summed E-state index contributed by atoms with van der Waals surface area (Å²) in [6.45, 7) is 4.01. The van der Waals surface area contributed by atoms with E-state index in [-0.39, 0.29) is 31.2 Å². The highest BCUT2D eigenvalue weighted by Crippen LogP contribution is 2.14. The quantitative estimate of drug-likeness (QED) is 0.494. The molecule has 0 radical (unpaired) electrons. The van der Waals surface area contributed by atoms with Crippen LogP contribution in [0.4, 0.5) is 0 Å². The third-order valence-electron chi connectivity index (χ3n) is 5.77. The molecule has 2 aromatic carbocycles. The fourth-order valence-corrected chi connectivity index (χ4v) is 3.67. The van der Waals surface area contributed by atoms with Gasteiger partial charge in [0.25, 0.3) is 11.8 Å². The van der Waals surface area contributed by atoms with E-state index in [1.807, 2.05) is 74.5 Å². The van der Waals surface area contributed by atoms with Gasteiger partial charge in [0.1, 0.15) is 6.04 Å². The topological polar surface area (TPSA) is 105 Å². The first kappa shape index (κ1) is 25.1. The van der Waals surface area contributed by atoms with Gasteiger partial charge in [-0.05, 0) is 30.9 Å². The molecule has 3 rings (SSSR count). The molecule has 0 spiro atoms. The van der Waals surface area contributed by atoms with Crippen LogP contribution < -0.4 is 10.6 Å². The Hall–Kier alpha value is -3.52. The van der Waals surface area contributed by atoms with Gasteiger partial charge >= 0.3 is 5.97 Å². The highest BCUT2D eigenvalue weighted by molar-refractivity contribution is 6.02. The van der Waals surface area contributed by atoms with Gasteiger partial charge in [-0.15, -0.1) is 5.06 Å². The van der Waals surface area contributed by atoms with E-state index in [1.54, 1.807) is 0 Å². The number of rotatable bonds is 11. The van der Waals surface area contributed by atoms with Crippen molar-refractivity contribution in [1.82, 2.24) is 15.7 Å². The van der Waals surface area contributed by atoms with Crippen molar-refractivity contribution in [3.8, 4) is 0 Å². The lowest BCUT2D eigenvalue weighted by Crippen LogP contribution is -2.54. The molecule has 1 fully saturated rings. The Morgan fingerprint density at radius 1 is 0.882 bits per heavy atom. The molecule has 1 heterocycles. The first-order chi connectivity index (χ1) is 16.4. The normalized spacial score (nSPS) is 16.1. The minimum atomic E-state index is -1.08. The Labute approximate surface area is 199 Å². The molecule has 34 heavy (non-hydrogen) atoms. The minimum Gasteiger partial charge on any atom is -0.341 e. The zero-order valence-corrected chi connectivity index (χ0v) is 19.5. The summed E-state index contributed by atoms with van der Waals surface area (Å²) < 4.78 is 0. The Morgan fingerprint density at radius 3 is 1.88 bits per heavy atom. The van der Waals surface area contributed by atoms with Gasteiger partial charge in [-0.2, -0.15) is 0 Å². The Balaban J connectivity index is 1.78. The average molecular weight is 466 g/mol. The van der Waals surface area contributed by atoms with Gasteiger partial charge in [-0.1, -0.05) is 67.6 Å². The Bertz CT molecular complexity index is 980. The molecule has 1 aliphatic heterocycles. The minimum absolute atomic E-state index is 0.000198. The number of hydroxylamine groups is 2. The van der Waals surface area contributed by atoms with Crippen molar-refractivity contribution in [3.63, 3.8) is 0 Å². The maximum atomic E-state index is 13.3. The van der Waals surface area contributed by atoms with Crippen LogP contribution in [0.1, 0.15) is 44.2 Å². The smallest absolute Gasteiger partial charge is 0.341 e. The molecule has 8 nitrogen and oxygen atoms in total. The van der Waals surface area contributed by atoms with Crippen LogP contribution in [0, 0.1) is 0 Å².